The summed E-state index contributed by atoms with van der Waals surface area (Å²) in [6.45, 7) is 0. The molecule has 88 valence electrons. The van der Waals surface area contributed by atoms with Gasteiger partial charge in [0.25, 0.3) is 0 Å². The molecule has 0 aromatic heterocycles. The Kier molecular flexibility index (Phi) is 3.98. The lowest BCUT2D eigenvalue weighted by atomic mass is 10.1. The van der Waals surface area contributed by atoms with E-state index in [0.717, 1.165) is 11.4 Å². The van der Waals surface area contributed by atoms with Gasteiger partial charge in [0, 0.05) is 30.1 Å². The van der Waals surface area contributed by atoms with Crippen LogP contribution in [0, 0.1) is 5.82 Å². The van der Waals surface area contributed by atoms with Crippen molar-refractivity contribution >= 4 is 29.1 Å². The predicted octanol–water partition coefficient (Wildman–Crippen LogP) is 3.51. The lowest BCUT2D eigenvalue weighted by Gasteiger charge is -2.28. The molecule has 1 atom stereocenters. The lowest BCUT2D eigenvalue weighted by Crippen LogP contribution is -2.32. The van der Waals surface area contributed by atoms with Gasteiger partial charge in [0.15, 0.2) is 0 Å². The Labute approximate surface area is 105 Å². The Balaban J connectivity index is 2.27. The summed E-state index contributed by atoms with van der Waals surface area (Å²) in [7, 11) is 2.03. The van der Waals surface area contributed by atoms with E-state index in [4.69, 9.17) is 11.6 Å². The highest BCUT2D eigenvalue weighted by molar-refractivity contribution is 7.99. The maximum absolute atomic E-state index is 13.6. The van der Waals surface area contributed by atoms with Crippen molar-refractivity contribution in [1.29, 1.82) is 0 Å². The van der Waals surface area contributed by atoms with Crippen LogP contribution in [0.1, 0.15) is 12.0 Å². The molecule has 0 spiro atoms. The average Bonchev–Trinajstić information content (AvgIpc) is 2.81. The molecule has 1 heterocycles. The maximum atomic E-state index is 13.6. The van der Waals surface area contributed by atoms with Crippen molar-refractivity contribution in [1.82, 2.24) is 0 Å². The normalized spacial score (nSPS) is 20.1. The van der Waals surface area contributed by atoms with Gasteiger partial charge in [-0.15, -0.1) is 11.6 Å². The Morgan fingerprint density at radius 2 is 2.38 bits per heavy atom. The van der Waals surface area contributed by atoms with E-state index in [1.807, 2.05) is 24.9 Å². The topological polar surface area (TPSA) is 3.24 Å². The standard InChI is InChI=1S/C12H15ClFNS/c1-15(9-5-6-16-8-9)12-4-2-3-11(14)10(12)7-13/h2-4,9H,5-8H2,1H3. The van der Waals surface area contributed by atoms with Crippen LogP contribution in [0.25, 0.3) is 0 Å². The minimum Gasteiger partial charge on any atom is -0.370 e. The molecule has 1 aromatic rings. The number of hydrogen-bond donors (Lipinski definition) is 0. The Bertz CT molecular complexity index is 366. The van der Waals surface area contributed by atoms with Crippen LogP contribution in [0.5, 0.6) is 0 Å². The van der Waals surface area contributed by atoms with Crippen molar-refractivity contribution in [3.05, 3.63) is 29.6 Å². The predicted molar refractivity (Wildman–Crippen MR) is 70.1 cm³/mol. The fourth-order valence-electron chi connectivity index (χ4n) is 2.03. The molecule has 1 fully saturated rings. The highest BCUT2D eigenvalue weighted by atomic mass is 35.5. The number of halogens is 2. The van der Waals surface area contributed by atoms with Crippen LogP contribution in [-0.4, -0.2) is 24.6 Å². The Morgan fingerprint density at radius 1 is 1.56 bits per heavy atom. The smallest absolute Gasteiger partial charge is 0.129 e. The molecule has 0 radical (unpaired) electrons. The fraction of sp³-hybridized carbons (Fsp3) is 0.500. The van der Waals surface area contributed by atoms with Gasteiger partial charge >= 0.3 is 0 Å². The zero-order chi connectivity index (χ0) is 11.5. The number of nitrogens with zero attached hydrogens (tertiary/aromatic N) is 1. The maximum Gasteiger partial charge on any atom is 0.129 e. The molecule has 0 amide bonds. The molecular weight excluding hydrogens is 245 g/mol. The van der Waals surface area contributed by atoms with E-state index in [2.05, 4.69) is 4.90 Å². The van der Waals surface area contributed by atoms with Gasteiger partial charge in [0.2, 0.25) is 0 Å². The summed E-state index contributed by atoms with van der Waals surface area (Å²) in [5.74, 6) is 2.34. The first kappa shape index (κ1) is 12.1. The third-order valence-corrected chi connectivity index (χ3v) is 4.47. The second-order valence-electron chi connectivity index (χ2n) is 4.00. The SMILES string of the molecule is CN(c1cccc(F)c1CCl)C1CCSC1. The summed E-state index contributed by atoms with van der Waals surface area (Å²) < 4.78 is 13.6. The van der Waals surface area contributed by atoms with Crippen LogP contribution >= 0.6 is 23.4 Å². The van der Waals surface area contributed by atoms with E-state index in [9.17, 15) is 4.39 Å². The number of anilines is 1. The molecule has 4 heteroatoms. The first-order valence-electron chi connectivity index (χ1n) is 5.38. The molecule has 16 heavy (non-hydrogen) atoms. The van der Waals surface area contributed by atoms with Crippen molar-refractivity contribution in [3.63, 3.8) is 0 Å². The van der Waals surface area contributed by atoms with Crippen molar-refractivity contribution in [3.8, 4) is 0 Å². The molecule has 0 bridgehead atoms. The number of rotatable bonds is 3. The second-order valence-corrected chi connectivity index (χ2v) is 5.42. The molecule has 0 saturated carbocycles. The van der Waals surface area contributed by atoms with Gasteiger partial charge in [-0.1, -0.05) is 6.07 Å². The van der Waals surface area contributed by atoms with Crippen LogP contribution in [0.4, 0.5) is 10.1 Å². The molecule has 1 nitrogen and oxygen atoms in total. The molecule has 1 unspecified atom stereocenters. The molecule has 0 aliphatic carbocycles. The summed E-state index contributed by atoms with van der Waals surface area (Å²) in [4.78, 5) is 2.17. The molecule has 1 aliphatic rings. The van der Waals surface area contributed by atoms with E-state index >= 15 is 0 Å². The van der Waals surface area contributed by atoms with E-state index in [-0.39, 0.29) is 11.7 Å². The Hall–Kier alpha value is -0.410. The van der Waals surface area contributed by atoms with E-state index in [1.165, 1.54) is 18.2 Å². The molecule has 1 aromatic carbocycles. The first-order chi connectivity index (χ1) is 7.74. The van der Waals surface area contributed by atoms with Gasteiger partial charge in [0.1, 0.15) is 5.82 Å². The first-order valence-corrected chi connectivity index (χ1v) is 7.07. The number of hydrogen-bond acceptors (Lipinski definition) is 2. The molecule has 1 aliphatic heterocycles. The van der Waals surface area contributed by atoms with Gasteiger partial charge in [-0.05, 0) is 24.3 Å². The highest BCUT2D eigenvalue weighted by Crippen LogP contribution is 2.30. The van der Waals surface area contributed by atoms with Crippen LogP contribution in [0.3, 0.4) is 0 Å². The van der Waals surface area contributed by atoms with Gasteiger partial charge in [-0.25, -0.2) is 4.39 Å². The molecule has 2 rings (SSSR count). The van der Waals surface area contributed by atoms with E-state index in [0.29, 0.717) is 11.6 Å². The number of thioether (sulfide) groups is 1. The summed E-state index contributed by atoms with van der Waals surface area (Å²) >= 11 is 7.77. The largest absolute Gasteiger partial charge is 0.370 e. The van der Waals surface area contributed by atoms with Crippen LogP contribution in [0.15, 0.2) is 18.2 Å². The van der Waals surface area contributed by atoms with Gasteiger partial charge in [-0.2, -0.15) is 11.8 Å². The summed E-state index contributed by atoms with van der Waals surface area (Å²) in [5, 5.41) is 0. The fourth-order valence-corrected chi connectivity index (χ4v) is 3.57. The highest BCUT2D eigenvalue weighted by Gasteiger charge is 2.22. The monoisotopic (exact) mass is 259 g/mol. The van der Waals surface area contributed by atoms with Crippen molar-refractivity contribution in [2.24, 2.45) is 0 Å². The average molecular weight is 260 g/mol. The van der Waals surface area contributed by atoms with Crippen molar-refractivity contribution < 1.29 is 4.39 Å². The molecular formula is C12H15ClFNS. The third kappa shape index (κ3) is 2.30. The van der Waals surface area contributed by atoms with Crippen LogP contribution < -0.4 is 4.90 Å². The quantitative estimate of drug-likeness (QED) is 0.765. The van der Waals surface area contributed by atoms with Crippen molar-refractivity contribution in [2.45, 2.75) is 18.3 Å². The molecule has 1 saturated heterocycles. The summed E-state index contributed by atoms with van der Waals surface area (Å²) in [5.41, 5.74) is 1.55. The van der Waals surface area contributed by atoms with Crippen molar-refractivity contribution in [2.75, 3.05) is 23.5 Å². The zero-order valence-corrected chi connectivity index (χ0v) is 10.8. The molecule has 0 N–H and O–H groups in total. The van der Waals surface area contributed by atoms with E-state index in [1.54, 1.807) is 6.07 Å². The lowest BCUT2D eigenvalue weighted by molar-refractivity contribution is 0.613. The van der Waals surface area contributed by atoms with Gasteiger partial charge in [0.05, 0.1) is 5.88 Å². The minimum atomic E-state index is -0.204. The van der Waals surface area contributed by atoms with Gasteiger partial charge < -0.3 is 4.90 Å². The number of alkyl halides is 1. The zero-order valence-electron chi connectivity index (χ0n) is 9.25. The van der Waals surface area contributed by atoms with Crippen LogP contribution in [-0.2, 0) is 5.88 Å². The minimum absolute atomic E-state index is 0.204. The van der Waals surface area contributed by atoms with Gasteiger partial charge in [-0.3, -0.25) is 0 Å². The third-order valence-electron chi connectivity index (χ3n) is 3.06. The number of benzene rings is 1. The van der Waals surface area contributed by atoms with E-state index < -0.39 is 0 Å². The summed E-state index contributed by atoms with van der Waals surface area (Å²) in [6.07, 6.45) is 1.17. The Morgan fingerprint density at radius 3 is 3.00 bits per heavy atom. The second kappa shape index (κ2) is 5.28. The summed E-state index contributed by atoms with van der Waals surface area (Å²) in [6, 6.07) is 5.68. The van der Waals surface area contributed by atoms with Crippen LogP contribution in [0.2, 0.25) is 0 Å².